The van der Waals surface area contributed by atoms with Crippen molar-refractivity contribution in [3.8, 4) is 0 Å². The van der Waals surface area contributed by atoms with Crippen LogP contribution in [0.2, 0.25) is 0 Å². The molecule has 1 aromatic heterocycles. The number of aromatic amines is 1. The average molecular weight is 475 g/mol. The summed E-state index contributed by atoms with van der Waals surface area (Å²) >= 11 is 3.30. The van der Waals surface area contributed by atoms with Crippen LogP contribution in [-0.4, -0.2) is 47.9 Å². The van der Waals surface area contributed by atoms with Crippen LogP contribution in [0, 0.1) is 12.7 Å². The average Bonchev–Trinajstić information content (AvgIpc) is 3.12. The molecule has 6 nitrogen and oxygen atoms in total. The van der Waals surface area contributed by atoms with Gasteiger partial charge in [0.2, 0.25) is 0 Å². The first-order chi connectivity index (χ1) is 14.4. The first-order valence-electron chi connectivity index (χ1n) is 10.1. The molecule has 3 heterocycles. The summed E-state index contributed by atoms with van der Waals surface area (Å²) < 4.78 is 14.4. The van der Waals surface area contributed by atoms with Crippen molar-refractivity contribution in [2.45, 2.75) is 26.7 Å². The van der Waals surface area contributed by atoms with Gasteiger partial charge in [0.25, 0.3) is 11.8 Å². The van der Waals surface area contributed by atoms with Gasteiger partial charge in [-0.05, 0) is 66.0 Å². The number of carbonyl (C=O) groups is 2. The zero-order valence-corrected chi connectivity index (χ0v) is 18.6. The number of fused-ring (bicyclic) bond motifs is 2. The van der Waals surface area contributed by atoms with Gasteiger partial charge in [0.15, 0.2) is 0 Å². The topological polar surface area (TPSA) is 77.2 Å². The number of hydrogen-bond acceptors (Lipinski definition) is 3. The van der Waals surface area contributed by atoms with E-state index in [9.17, 15) is 14.0 Å². The predicted molar refractivity (Wildman–Crippen MR) is 119 cm³/mol. The number of anilines is 1. The maximum atomic E-state index is 13.9. The van der Waals surface area contributed by atoms with Gasteiger partial charge in [0.1, 0.15) is 5.82 Å². The second kappa shape index (κ2) is 8.35. The zero-order valence-electron chi connectivity index (χ0n) is 17.0. The minimum absolute atomic E-state index is 0.0175. The summed E-state index contributed by atoms with van der Waals surface area (Å²) in [6.45, 7) is 6.95. The van der Waals surface area contributed by atoms with E-state index in [4.69, 9.17) is 0 Å². The predicted octanol–water partition coefficient (Wildman–Crippen LogP) is 3.72. The largest absolute Gasteiger partial charge is 0.358 e. The fourth-order valence-corrected chi connectivity index (χ4v) is 4.65. The van der Waals surface area contributed by atoms with Gasteiger partial charge in [-0.3, -0.25) is 9.59 Å². The van der Waals surface area contributed by atoms with Gasteiger partial charge in [-0.2, -0.15) is 0 Å². The van der Waals surface area contributed by atoms with Crippen molar-refractivity contribution in [1.82, 2.24) is 15.2 Å². The Morgan fingerprint density at radius 2 is 2.13 bits per heavy atom. The molecule has 0 atom stereocenters. The van der Waals surface area contributed by atoms with E-state index in [1.54, 1.807) is 6.08 Å². The highest BCUT2D eigenvalue weighted by Crippen LogP contribution is 2.39. The van der Waals surface area contributed by atoms with Crippen LogP contribution in [0.25, 0.3) is 11.6 Å². The standard InChI is InChI=1S/C22H24BrFN4O2/c1-3-25-6-8-28-7-4-5-17-19(22(28)30)12(2)18(26-17)11-15-14-9-13(24)10-16(23)20(14)27-21(15)29/h9-11,25-26H,3-8H2,1-2H3,(H,27,29)/b15-11-. The number of hydrogen-bond donors (Lipinski definition) is 3. The molecule has 1 aromatic carbocycles. The second-order valence-electron chi connectivity index (χ2n) is 7.59. The van der Waals surface area contributed by atoms with Crippen molar-refractivity contribution in [1.29, 1.82) is 0 Å². The van der Waals surface area contributed by atoms with Gasteiger partial charge in [0.05, 0.1) is 16.8 Å². The summed E-state index contributed by atoms with van der Waals surface area (Å²) in [4.78, 5) is 31.0. The van der Waals surface area contributed by atoms with E-state index in [0.29, 0.717) is 39.1 Å². The maximum Gasteiger partial charge on any atom is 0.256 e. The molecule has 2 aliphatic heterocycles. The Labute approximate surface area is 183 Å². The van der Waals surface area contributed by atoms with Crippen LogP contribution in [0.4, 0.5) is 10.1 Å². The van der Waals surface area contributed by atoms with Crippen molar-refractivity contribution in [3.05, 3.63) is 50.5 Å². The number of likely N-dealkylation sites (N-methyl/N-ethyl adjacent to an activating group) is 1. The molecule has 3 N–H and O–H groups in total. The molecule has 0 spiro atoms. The van der Waals surface area contributed by atoms with Gasteiger partial charge in [-0.15, -0.1) is 0 Å². The number of carbonyl (C=O) groups excluding carboxylic acids is 2. The second-order valence-corrected chi connectivity index (χ2v) is 8.44. The number of benzene rings is 1. The van der Waals surface area contributed by atoms with Crippen molar-refractivity contribution in [3.63, 3.8) is 0 Å². The molecule has 0 unspecified atom stereocenters. The molecule has 0 fully saturated rings. The van der Waals surface area contributed by atoms with Crippen LogP contribution < -0.4 is 10.6 Å². The van der Waals surface area contributed by atoms with E-state index in [1.165, 1.54) is 12.1 Å². The SMILES string of the molecule is CCNCCN1CCCc2[nH]c(/C=C3\C(=O)Nc4c(Br)cc(F)cc43)c(C)c2C1=O. The fourth-order valence-electron chi connectivity index (χ4n) is 4.12. The van der Waals surface area contributed by atoms with Crippen molar-refractivity contribution in [2.75, 3.05) is 31.5 Å². The molecule has 2 aromatic rings. The van der Waals surface area contributed by atoms with E-state index < -0.39 is 5.82 Å². The number of H-pyrrole nitrogens is 1. The van der Waals surface area contributed by atoms with Crippen molar-refractivity contribution < 1.29 is 14.0 Å². The van der Waals surface area contributed by atoms with E-state index >= 15 is 0 Å². The summed E-state index contributed by atoms with van der Waals surface area (Å²) in [6.07, 6.45) is 3.36. The number of rotatable bonds is 5. The molecule has 0 aliphatic carbocycles. The lowest BCUT2D eigenvalue weighted by Crippen LogP contribution is -2.37. The molecule has 0 radical (unpaired) electrons. The van der Waals surface area contributed by atoms with E-state index in [1.807, 2.05) is 18.7 Å². The number of halogens is 2. The number of nitrogens with zero attached hydrogens (tertiary/aromatic N) is 1. The highest BCUT2D eigenvalue weighted by Gasteiger charge is 2.30. The minimum atomic E-state index is -0.423. The summed E-state index contributed by atoms with van der Waals surface area (Å²) in [5, 5.41) is 6.04. The third-order valence-electron chi connectivity index (χ3n) is 5.65. The molecule has 2 aliphatic rings. The molecule has 30 heavy (non-hydrogen) atoms. The van der Waals surface area contributed by atoms with Gasteiger partial charge in [-0.1, -0.05) is 6.92 Å². The molecule has 0 saturated heterocycles. The fraction of sp³-hybridized carbons (Fsp3) is 0.364. The first-order valence-corrected chi connectivity index (χ1v) is 10.9. The highest BCUT2D eigenvalue weighted by atomic mass is 79.9. The summed E-state index contributed by atoms with van der Waals surface area (Å²) in [6, 6.07) is 2.67. The summed E-state index contributed by atoms with van der Waals surface area (Å²) in [5.74, 6) is -0.698. The van der Waals surface area contributed by atoms with Crippen LogP contribution in [-0.2, 0) is 11.2 Å². The number of aromatic nitrogens is 1. The molecular formula is C22H24BrFN4O2. The van der Waals surface area contributed by atoms with Gasteiger partial charge < -0.3 is 20.5 Å². The lowest BCUT2D eigenvalue weighted by Gasteiger charge is -2.21. The molecule has 0 saturated carbocycles. The Balaban J connectivity index is 1.71. The Kier molecular flexibility index (Phi) is 5.79. The Hall–Kier alpha value is -2.45. The first kappa shape index (κ1) is 20.8. The van der Waals surface area contributed by atoms with Crippen LogP contribution in [0.3, 0.4) is 0 Å². The molecule has 158 valence electrons. The summed E-state index contributed by atoms with van der Waals surface area (Å²) in [5.41, 5.74) is 4.55. The summed E-state index contributed by atoms with van der Waals surface area (Å²) in [7, 11) is 0. The van der Waals surface area contributed by atoms with Crippen LogP contribution in [0.15, 0.2) is 16.6 Å². The molecular weight excluding hydrogens is 451 g/mol. The van der Waals surface area contributed by atoms with Crippen molar-refractivity contribution >= 4 is 45.1 Å². The maximum absolute atomic E-state index is 13.9. The van der Waals surface area contributed by atoms with Crippen LogP contribution in [0.1, 0.15) is 46.2 Å². The molecule has 0 bridgehead atoms. The van der Waals surface area contributed by atoms with E-state index in [0.717, 1.165) is 43.7 Å². The number of amides is 2. The Morgan fingerprint density at radius 1 is 1.33 bits per heavy atom. The highest BCUT2D eigenvalue weighted by molar-refractivity contribution is 9.10. The lowest BCUT2D eigenvalue weighted by atomic mass is 10.0. The van der Waals surface area contributed by atoms with Gasteiger partial charge >= 0.3 is 0 Å². The Morgan fingerprint density at radius 3 is 2.90 bits per heavy atom. The van der Waals surface area contributed by atoms with Gasteiger partial charge in [0, 0.05) is 41.1 Å². The minimum Gasteiger partial charge on any atom is -0.358 e. The quantitative estimate of drug-likeness (QED) is 0.456. The van der Waals surface area contributed by atoms with E-state index in [-0.39, 0.29) is 11.8 Å². The number of nitrogens with one attached hydrogen (secondary N) is 3. The van der Waals surface area contributed by atoms with Crippen LogP contribution >= 0.6 is 15.9 Å². The third-order valence-corrected chi connectivity index (χ3v) is 6.27. The number of aryl methyl sites for hydroxylation is 1. The van der Waals surface area contributed by atoms with Gasteiger partial charge in [-0.25, -0.2) is 4.39 Å². The normalized spacial score (nSPS) is 17.2. The molecule has 2 amide bonds. The third kappa shape index (κ3) is 3.70. The van der Waals surface area contributed by atoms with Crippen LogP contribution in [0.5, 0.6) is 0 Å². The monoisotopic (exact) mass is 474 g/mol. The van der Waals surface area contributed by atoms with E-state index in [2.05, 4.69) is 31.5 Å². The smallest absolute Gasteiger partial charge is 0.256 e. The molecule has 4 rings (SSSR count). The Bertz CT molecular complexity index is 1060. The van der Waals surface area contributed by atoms with Crippen molar-refractivity contribution in [2.24, 2.45) is 0 Å². The molecule has 8 heteroatoms. The lowest BCUT2D eigenvalue weighted by molar-refractivity contribution is -0.110. The zero-order chi connectivity index (χ0) is 21.4.